The van der Waals surface area contributed by atoms with Crippen LogP contribution in [-0.2, 0) is 4.79 Å². The quantitative estimate of drug-likeness (QED) is 0.242. The lowest BCUT2D eigenvalue weighted by atomic mass is 10.2. The highest BCUT2D eigenvalue weighted by Crippen LogP contribution is 2.49. The summed E-state index contributed by atoms with van der Waals surface area (Å²) in [6.07, 6.45) is 2.09. The smallest absolute Gasteiger partial charge is 0.254 e. The highest BCUT2D eigenvalue weighted by atomic mass is 16.2. The van der Waals surface area contributed by atoms with Crippen LogP contribution in [0.3, 0.4) is 0 Å². The second kappa shape index (κ2) is 1.71. The van der Waals surface area contributed by atoms with Crippen molar-refractivity contribution in [1.82, 2.24) is 10.7 Å². The lowest BCUT2D eigenvalue weighted by molar-refractivity contribution is -0.124. The predicted octanol–water partition coefficient (Wildman–Crippen LogP) is -1.27. The first-order chi connectivity index (χ1) is 4.79. The highest BCUT2D eigenvalue weighted by Gasteiger charge is 2.62. The number of hydrazine groups is 1. The third-order valence-electron chi connectivity index (χ3n) is 2.57. The van der Waals surface area contributed by atoms with E-state index in [1.807, 2.05) is 0 Å². The summed E-state index contributed by atoms with van der Waals surface area (Å²) in [6, 6.07) is 0. The van der Waals surface area contributed by atoms with Gasteiger partial charge in [0.25, 0.3) is 5.91 Å². The van der Waals surface area contributed by atoms with Crippen LogP contribution in [0.2, 0.25) is 0 Å². The van der Waals surface area contributed by atoms with Gasteiger partial charge in [0.1, 0.15) is 5.54 Å². The van der Waals surface area contributed by atoms with Gasteiger partial charge in [-0.25, -0.2) is 5.84 Å². The van der Waals surface area contributed by atoms with E-state index in [4.69, 9.17) is 5.84 Å². The third kappa shape index (κ3) is 0.552. The molecule has 0 aromatic heterocycles. The highest BCUT2D eigenvalue weighted by molar-refractivity contribution is 5.90. The SMILES string of the molecule is NNC(=O)C12CC1CCN2. The van der Waals surface area contributed by atoms with Crippen molar-refractivity contribution in [3.63, 3.8) is 0 Å². The Labute approximate surface area is 59.1 Å². The first-order valence-corrected chi connectivity index (χ1v) is 3.56. The van der Waals surface area contributed by atoms with Crippen LogP contribution in [0.15, 0.2) is 0 Å². The van der Waals surface area contributed by atoms with Gasteiger partial charge in [0.05, 0.1) is 0 Å². The molecule has 56 valence electrons. The molecule has 1 aliphatic carbocycles. The van der Waals surface area contributed by atoms with Crippen LogP contribution in [-0.4, -0.2) is 18.0 Å². The number of hydrogen-bond donors (Lipinski definition) is 3. The molecular weight excluding hydrogens is 130 g/mol. The molecule has 1 saturated carbocycles. The number of nitrogens with two attached hydrogens (primary N) is 1. The van der Waals surface area contributed by atoms with E-state index in [0.717, 1.165) is 19.4 Å². The number of piperidine rings is 1. The maximum Gasteiger partial charge on any atom is 0.254 e. The van der Waals surface area contributed by atoms with E-state index in [1.54, 1.807) is 0 Å². The van der Waals surface area contributed by atoms with Gasteiger partial charge in [0.15, 0.2) is 0 Å². The third-order valence-corrected chi connectivity index (χ3v) is 2.57. The Morgan fingerprint density at radius 1 is 1.80 bits per heavy atom. The van der Waals surface area contributed by atoms with Crippen molar-refractivity contribution in [1.29, 1.82) is 0 Å². The fraction of sp³-hybridized carbons (Fsp3) is 0.833. The molecule has 4 nitrogen and oxygen atoms in total. The fourth-order valence-corrected chi connectivity index (χ4v) is 1.85. The number of hydrogen-bond acceptors (Lipinski definition) is 3. The largest absolute Gasteiger partial charge is 0.303 e. The zero-order chi connectivity index (χ0) is 7.19. The molecule has 2 unspecified atom stereocenters. The van der Waals surface area contributed by atoms with Crippen LogP contribution < -0.4 is 16.6 Å². The molecule has 2 fully saturated rings. The van der Waals surface area contributed by atoms with E-state index in [0.29, 0.717) is 5.92 Å². The van der Waals surface area contributed by atoms with Crippen LogP contribution in [0.25, 0.3) is 0 Å². The summed E-state index contributed by atoms with van der Waals surface area (Å²) in [5, 5.41) is 3.17. The lowest BCUT2D eigenvalue weighted by Gasteiger charge is -2.09. The van der Waals surface area contributed by atoms with E-state index in [9.17, 15) is 4.79 Å². The summed E-state index contributed by atoms with van der Waals surface area (Å²) in [4.78, 5) is 11.1. The maximum absolute atomic E-state index is 11.1. The van der Waals surface area contributed by atoms with Crippen molar-refractivity contribution in [2.24, 2.45) is 11.8 Å². The number of fused-ring (bicyclic) bond motifs is 1. The molecule has 1 aliphatic heterocycles. The second-order valence-electron chi connectivity index (χ2n) is 3.06. The van der Waals surface area contributed by atoms with Crippen molar-refractivity contribution in [2.75, 3.05) is 6.54 Å². The van der Waals surface area contributed by atoms with E-state index >= 15 is 0 Å². The van der Waals surface area contributed by atoms with Gasteiger partial charge >= 0.3 is 0 Å². The Hall–Kier alpha value is -0.610. The molecule has 0 aromatic rings. The topological polar surface area (TPSA) is 67.1 Å². The first-order valence-electron chi connectivity index (χ1n) is 3.56. The van der Waals surface area contributed by atoms with Gasteiger partial charge in [-0.1, -0.05) is 0 Å². The molecule has 0 radical (unpaired) electrons. The van der Waals surface area contributed by atoms with E-state index < -0.39 is 0 Å². The minimum atomic E-state index is -0.255. The zero-order valence-electron chi connectivity index (χ0n) is 5.68. The standard InChI is InChI=1S/C6H11N3O/c7-9-5(10)6-3-4(6)1-2-8-6/h4,8H,1-3,7H2,(H,9,10). The average Bonchev–Trinajstić information content (AvgIpc) is 2.54. The Morgan fingerprint density at radius 2 is 2.60 bits per heavy atom. The molecule has 0 spiro atoms. The predicted molar refractivity (Wildman–Crippen MR) is 35.8 cm³/mol. The molecule has 1 saturated heterocycles. The van der Waals surface area contributed by atoms with E-state index in [1.165, 1.54) is 0 Å². The van der Waals surface area contributed by atoms with Crippen LogP contribution >= 0.6 is 0 Å². The van der Waals surface area contributed by atoms with Crippen molar-refractivity contribution in [3.8, 4) is 0 Å². The average molecular weight is 141 g/mol. The van der Waals surface area contributed by atoms with Crippen LogP contribution in [0.4, 0.5) is 0 Å². The normalized spacial score (nSPS) is 42.7. The molecule has 2 atom stereocenters. The van der Waals surface area contributed by atoms with Gasteiger partial charge < -0.3 is 5.32 Å². The molecule has 2 rings (SSSR count). The summed E-state index contributed by atoms with van der Waals surface area (Å²) in [5.41, 5.74) is 1.93. The van der Waals surface area contributed by atoms with Crippen molar-refractivity contribution < 1.29 is 4.79 Å². The number of carbonyl (C=O) groups excluding carboxylic acids is 1. The van der Waals surface area contributed by atoms with Crippen LogP contribution in [0.1, 0.15) is 12.8 Å². The summed E-state index contributed by atoms with van der Waals surface area (Å²) in [6.45, 7) is 0.956. The van der Waals surface area contributed by atoms with Gasteiger partial charge in [0.2, 0.25) is 0 Å². The number of carbonyl (C=O) groups is 1. The summed E-state index contributed by atoms with van der Waals surface area (Å²) in [7, 11) is 0. The Morgan fingerprint density at radius 3 is 3.00 bits per heavy atom. The molecule has 2 aliphatic rings. The summed E-state index contributed by atoms with van der Waals surface area (Å²) in [5.74, 6) is 5.53. The lowest BCUT2D eigenvalue weighted by Crippen LogP contribution is -2.47. The molecule has 1 heterocycles. The number of amides is 1. The minimum Gasteiger partial charge on any atom is -0.303 e. The first kappa shape index (κ1) is 6.12. The van der Waals surface area contributed by atoms with Gasteiger partial charge in [-0.05, 0) is 25.3 Å². The van der Waals surface area contributed by atoms with Crippen LogP contribution in [0, 0.1) is 5.92 Å². The Bertz CT molecular complexity index is 182. The Kier molecular flexibility index (Phi) is 1.04. The molecule has 10 heavy (non-hydrogen) atoms. The molecule has 0 aromatic carbocycles. The molecular formula is C6H11N3O. The van der Waals surface area contributed by atoms with Crippen molar-refractivity contribution >= 4 is 5.91 Å². The Balaban J connectivity index is 2.11. The maximum atomic E-state index is 11.1. The van der Waals surface area contributed by atoms with Crippen LogP contribution in [0.5, 0.6) is 0 Å². The van der Waals surface area contributed by atoms with E-state index in [2.05, 4.69) is 10.7 Å². The molecule has 1 amide bonds. The van der Waals surface area contributed by atoms with Gasteiger partial charge in [-0.3, -0.25) is 10.2 Å². The van der Waals surface area contributed by atoms with Gasteiger partial charge in [-0.15, -0.1) is 0 Å². The summed E-state index contributed by atoms with van der Waals surface area (Å²) < 4.78 is 0. The van der Waals surface area contributed by atoms with Gasteiger partial charge in [0, 0.05) is 0 Å². The number of nitrogens with one attached hydrogen (secondary N) is 2. The van der Waals surface area contributed by atoms with Crippen molar-refractivity contribution in [3.05, 3.63) is 0 Å². The monoisotopic (exact) mass is 141 g/mol. The second-order valence-corrected chi connectivity index (χ2v) is 3.06. The van der Waals surface area contributed by atoms with E-state index in [-0.39, 0.29) is 11.4 Å². The zero-order valence-corrected chi connectivity index (χ0v) is 5.68. The molecule has 4 N–H and O–H groups in total. The number of rotatable bonds is 1. The summed E-state index contributed by atoms with van der Waals surface area (Å²) >= 11 is 0. The van der Waals surface area contributed by atoms with Crippen molar-refractivity contribution in [2.45, 2.75) is 18.4 Å². The minimum absolute atomic E-state index is 0.0463. The molecule has 4 heteroatoms. The molecule has 0 bridgehead atoms. The fourth-order valence-electron chi connectivity index (χ4n) is 1.85. The van der Waals surface area contributed by atoms with Gasteiger partial charge in [-0.2, -0.15) is 0 Å².